The number of carbonyl (C=O) groups excluding carboxylic acids is 1. The molecule has 0 bridgehead atoms. The van der Waals surface area contributed by atoms with Crippen molar-refractivity contribution in [2.24, 2.45) is 5.92 Å². The molecule has 2 aromatic carbocycles. The molecule has 2 N–H and O–H groups in total. The first-order valence-corrected chi connectivity index (χ1v) is 8.00. The first kappa shape index (κ1) is 17.7. The van der Waals surface area contributed by atoms with Gasteiger partial charge in [0.15, 0.2) is 0 Å². The van der Waals surface area contributed by atoms with Crippen LogP contribution >= 0.6 is 0 Å². The van der Waals surface area contributed by atoms with Gasteiger partial charge < -0.3 is 10.4 Å². The summed E-state index contributed by atoms with van der Waals surface area (Å²) in [4.78, 5) is 23.8. The molecule has 0 heterocycles. The van der Waals surface area contributed by atoms with Crippen LogP contribution in [0.3, 0.4) is 0 Å². The molecule has 2 rings (SSSR count). The van der Waals surface area contributed by atoms with Gasteiger partial charge in [0, 0.05) is 5.69 Å². The quantitative estimate of drug-likeness (QED) is 0.847. The monoisotopic (exact) mass is 325 g/mol. The average Bonchev–Trinajstić information content (AvgIpc) is 2.52. The van der Waals surface area contributed by atoms with Gasteiger partial charge in [0.05, 0.1) is 12.3 Å². The molecule has 0 radical (unpaired) electrons. The van der Waals surface area contributed by atoms with E-state index in [4.69, 9.17) is 5.11 Å². The maximum atomic E-state index is 12.6. The van der Waals surface area contributed by atoms with E-state index in [0.29, 0.717) is 6.42 Å². The summed E-state index contributed by atoms with van der Waals surface area (Å²) < 4.78 is 0. The number of aliphatic carboxylic acids is 1. The molecule has 4 nitrogen and oxygen atoms in total. The molecular weight excluding hydrogens is 302 g/mol. The van der Waals surface area contributed by atoms with Crippen LogP contribution in [0.2, 0.25) is 0 Å². The lowest BCUT2D eigenvalue weighted by molar-refractivity contribution is -0.140. The van der Waals surface area contributed by atoms with Gasteiger partial charge in [-0.3, -0.25) is 9.59 Å². The van der Waals surface area contributed by atoms with Gasteiger partial charge in [-0.05, 0) is 49.9 Å². The summed E-state index contributed by atoms with van der Waals surface area (Å²) in [5.74, 6) is -1.83. The Hall–Kier alpha value is -2.62. The summed E-state index contributed by atoms with van der Waals surface area (Å²) in [7, 11) is 0. The zero-order valence-electron chi connectivity index (χ0n) is 14.3. The van der Waals surface area contributed by atoms with Crippen molar-refractivity contribution in [1.29, 1.82) is 0 Å². The highest BCUT2D eigenvalue weighted by atomic mass is 16.4. The molecule has 1 amide bonds. The van der Waals surface area contributed by atoms with Gasteiger partial charge in [0.25, 0.3) is 0 Å². The summed E-state index contributed by atoms with van der Waals surface area (Å²) in [5.41, 5.74) is 4.83. The van der Waals surface area contributed by atoms with Crippen molar-refractivity contribution in [2.75, 3.05) is 5.32 Å². The van der Waals surface area contributed by atoms with Crippen LogP contribution in [0.25, 0.3) is 0 Å². The van der Waals surface area contributed by atoms with E-state index in [2.05, 4.69) is 5.32 Å². The fourth-order valence-electron chi connectivity index (χ4n) is 2.58. The van der Waals surface area contributed by atoms with E-state index in [1.807, 2.05) is 63.2 Å². The van der Waals surface area contributed by atoms with Gasteiger partial charge in [-0.1, -0.05) is 42.0 Å². The number of rotatable bonds is 6. The van der Waals surface area contributed by atoms with E-state index < -0.39 is 11.9 Å². The van der Waals surface area contributed by atoms with Gasteiger partial charge in [0.1, 0.15) is 0 Å². The van der Waals surface area contributed by atoms with E-state index in [9.17, 15) is 9.59 Å². The van der Waals surface area contributed by atoms with Crippen LogP contribution in [-0.2, 0) is 16.0 Å². The molecule has 0 aliphatic carbocycles. The Balaban J connectivity index is 2.16. The highest BCUT2D eigenvalue weighted by Gasteiger charge is 2.22. The SMILES string of the molecule is Cc1ccc(C[C@@H](CC(=O)O)C(=O)Nc2cc(C)ccc2C)cc1. The van der Waals surface area contributed by atoms with Crippen LogP contribution in [0, 0.1) is 26.7 Å². The Morgan fingerprint density at radius 1 is 1.00 bits per heavy atom. The Kier molecular flexibility index (Phi) is 5.74. The number of anilines is 1. The van der Waals surface area contributed by atoms with Crippen molar-refractivity contribution >= 4 is 17.6 Å². The zero-order chi connectivity index (χ0) is 17.7. The second kappa shape index (κ2) is 7.77. The summed E-state index contributed by atoms with van der Waals surface area (Å²) in [6, 6.07) is 13.6. The van der Waals surface area contributed by atoms with Gasteiger partial charge in [-0.15, -0.1) is 0 Å². The number of benzene rings is 2. The Morgan fingerprint density at radius 3 is 2.25 bits per heavy atom. The molecule has 0 saturated carbocycles. The van der Waals surface area contributed by atoms with Crippen LogP contribution in [0.4, 0.5) is 5.69 Å². The molecule has 4 heteroatoms. The Labute approximate surface area is 142 Å². The number of carboxylic acid groups (broad SMARTS) is 1. The van der Waals surface area contributed by atoms with Crippen molar-refractivity contribution in [3.63, 3.8) is 0 Å². The van der Waals surface area contributed by atoms with Crippen LogP contribution in [0.1, 0.15) is 28.7 Å². The van der Waals surface area contributed by atoms with Crippen molar-refractivity contribution < 1.29 is 14.7 Å². The molecule has 0 saturated heterocycles. The predicted octanol–water partition coefficient (Wildman–Crippen LogP) is 3.88. The minimum absolute atomic E-state index is 0.190. The van der Waals surface area contributed by atoms with Crippen molar-refractivity contribution in [2.45, 2.75) is 33.6 Å². The predicted molar refractivity (Wildman–Crippen MR) is 95.2 cm³/mol. The van der Waals surface area contributed by atoms with E-state index in [1.54, 1.807) is 0 Å². The third kappa shape index (κ3) is 4.95. The highest BCUT2D eigenvalue weighted by Crippen LogP contribution is 2.20. The lowest BCUT2D eigenvalue weighted by Gasteiger charge is -2.17. The van der Waals surface area contributed by atoms with Crippen molar-refractivity contribution in [3.05, 3.63) is 64.7 Å². The zero-order valence-corrected chi connectivity index (χ0v) is 14.3. The summed E-state index contributed by atoms with van der Waals surface area (Å²) in [6.07, 6.45) is 0.216. The third-order valence-electron chi connectivity index (χ3n) is 4.05. The topological polar surface area (TPSA) is 66.4 Å². The van der Waals surface area contributed by atoms with Crippen LogP contribution in [-0.4, -0.2) is 17.0 Å². The molecule has 0 aliphatic heterocycles. The lowest BCUT2D eigenvalue weighted by atomic mass is 9.94. The molecule has 0 unspecified atom stereocenters. The summed E-state index contributed by atoms with van der Waals surface area (Å²) in [5, 5.41) is 12.0. The van der Waals surface area contributed by atoms with Gasteiger partial charge >= 0.3 is 5.97 Å². The van der Waals surface area contributed by atoms with Crippen LogP contribution in [0.15, 0.2) is 42.5 Å². The molecule has 1 atom stereocenters. The second-order valence-electron chi connectivity index (χ2n) is 6.29. The number of carbonyl (C=O) groups is 2. The molecule has 0 fully saturated rings. The van der Waals surface area contributed by atoms with E-state index in [-0.39, 0.29) is 12.3 Å². The van der Waals surface area contributed by atoms with Crippen molar-refractivity contribution in [1.82, 2.24) is 0 Å². The normalized spacial score (nSPS) is 11.8. The average molecular weight is 325 g/mol. The number of hydrogen-bond donors (Lipinski definition) is 2. The summed E-state index contributed by atoms with van der Waals surface area (Å²) >= 11 is 0. The fourth-order valence-corrected chi connectivity index (χ4v) is 2.58. The van der Waals surface area contributed by atoms with Gasteiger partial charge in [-0.25, -0.2) is 0 Å². The molecule has 2 aromatic rings. The van der Waals surface area contributed by atoms with E-state index in [0.717, 1.165) is 27.9 Å². The highest BCUT2D eigenvalue weighted by molar-refractivity contribution is 5.95. The smallest absolute Gasteiger partial charge is 0.304 e. The van der Waals surface area contributed by atoms with Crippen LogP contribution in [0.5, 0.6) is 0 Å². The van der Waals surface area contributed by atoms with Crippen LogP contribution < -0.4 is 5.32 Å². The molecule has 0 aromatic heterocycles. The van der Waals surface area contributed by atoms with Crippen molar-refractivity contribution in [3.8, 4) is 0 Å². The molecular formula is C20H23NO3. The first-order valence-electron chi connectivity index (χ1n) is 8.00. The number of aryl methyl sites for hydroxylation is 3. The molecule has 0 aliphatic rings. The molecule has 24 heavy (non-hydrogen) atoms. The second-order valence-corrected chi connectivity index (χ2v) is 6.29. The minimum atomic E-state index is -0.969. The Morgan fingerprint density at radius 2 is 1.62 bits per heavy atom. The number of carboxylic acids is 1. The summed E-state index contributed by atoms with van der Waals surface area (Å²) in [6.45, 7) is 5.86. The van der Waals surface area contributed by atoms with E-state index in [1.165, 1.54) is 0 Å². The number of hydrogen-bond acceptors (Lipinski definition) is 2. The third-order valence-corrected chi connectivity index (χ3v) is 4.05. The maximum Gasteiger partial charge on any atom is 0.304 e. The fraction of sp³-hybridized carbons (Fsp3) is 0.300. The maximum absolute atomic E-state index is 12.6. The Bertz CT molecular complexity index is 735. The van der Waals surface area contributed by atoms with Gasteiger partial charge in [-0.2, -0.15) is 0 Å². The number of nitrogens with one attached hydrogen (secondary N) is 1. The minimum Gasteiger partial charge on any atom is -0.481 e. The largest absolute Gasteiger partial charge is 0.481 e. The molecule has 126 valence electrons. The standard InChI is InChI=1S/C20H23NO3/c1-13-5-8-16(9-6-13)11-17(12-19(22)23)20(24)21-18-10-14(2)4-7-15(18)3/h4-10,17H,11-12H2,1-3H3,(H,21,24)(H,22,23)/t17-/m0/s1. The number of amides is 1. The molecule has 0 spiro atoms. The first-order chi connectivity index (χ1) is 11.3. The lowest BCUT2D eigenvalue weighted by Crippen LogP contribution is -2.27. The van der Waals surface area contributed by atoms with Gasteiger partial charge in [0.2, 0.25) is 5.91 Å². The van der Waals surface area contributed by atoms with E-state index >= 15 is 0 Å².